The summed E-state index contributed by atoms with van der Waals surface area (Å²) in [6, 6.07) is 0. The van der Waals surface area contributed by atoms with Crippen molar-refractivity contribution in [3.63, 3.8) is 0 Å². The van der Waals surface area contributed by atoms with Crippen LogP contribution in [0.15, 0.2) is 0 Å². The van der Waals surface area contributed by atoms with Crippen molar-refractivity contribution in [2.24, 2.45) is 5.92 Å². The third kappa shape index (κ3) is 7.49. The summed E-state index contributed by atoms with van der Waals surface area (Å²) in [5, 5.41) is 0. The average Bonchev–Trinajstić information content (AvgIpc) is 2.12. The van der Waals surface area contributed by atoms with Crippen LogP contribution in [0.1, 0.15) is 44.9 Å². The van der Waals surface area contributed by atoms with E-state index in [4.69, 9.17) is 0 Å². The van der Waals surface area contributed by atoms with E-state index in [1.807, 2.05) is 0 Å². The molecule has 0 aromatic rings. The summed E-state index contributed by atoms with van der Waals surface area (Å²) in [4.78, 5) is 0. The summed E-state index contributed by atoms with van der Waals surface area (Å²) >= 11 is 0. The fourth-order valence-corrected chi connectivity index (χ4v) is 1.57. The quantitative estimate of drug-likeness (QED) is 0.432. The van der Waals surface area contributed by atoms with Gasteiger partial charge in [0.25, 0.3) is 0 Å². The lowest BCUT2D eigenvalue weighted by molar-refractivity contribution is -0.285. The van der Waals surface area contributed by atoms with Gasteiger partial charge in [-0.15, -0.1) is 0 Å². The Hall–Kier alpha value is -0.420. The Morgan fingerprint density at radius 1 is 0.706 bits per heavy atom. The van der Waals surface area contributed by atoms with Crippen molar-refractivity contribution >= 4 is 0 Å². The van der Waals surface area contributed by atoms with Crippen LogP contribution in [0.2, 0.25) is 0 Å². The summed E-state index contributed by atoms with van der Waals surface area (Å²) in [5.41, 5.74) is 0. The normalized spacial score (nSPS) is 13.4. The molecule has 0 amide bonds. The summed E-state index contributed by atoms with van der Waals surface area (Å²) in [7, 11) is 0. The van der Waals surface area contributed by atoms with Gasteiger partial charge in [-0.3, -0.25) is 0 Å². The fourth-order valence-electron chi connectivity index (χ4n) is 1.57. The molecule has 0 unspecified atom stereocenters. The lowest BCUT2D eigenvalue weighted by Crippen LogP contribution is -2.36. The van der Waals surface area contributed by atoms with Gasteiger partial charge in [-0.25, -0.2) is 0 Å². The lowest BCUT2D eigenvalue weighted by Gasteiger charge is -2.22. The zero-order valence-electron chi connectivity index (χ0n) is 9.50. The van der Waals surface area contributed by atoms with E-state index in [0.717, 1.165) is 19.3 Å². The van der Waals surface area contributed by atoms with E-state index < -0.39 is 24.7 Å². The molecular formula is C11H17F6. The molecule has 0 fully saturated rings. The van der Waals surface area contributed by atoms with E-state index in [2.05, 4.69) is 6.92 Å². The molecule has 6 heteroatoms. The minimum Gasteiger partial charge on any atom is -0.170 e. The first kappa shape index (κ1) is 16.6. The first-order chi connectivity index (χ1) is 7.69. The minimum atomic E-state index is -5.19. The highest BCUT2D eigenvalue weighted by Crippen LogP contribution is 2.42. The minimum absolute atomic E-state index is 0.0408. The Kier molecular flexibility index (Phi) is 6.94. The van der Waals surface area contributed by atoms with Crippen molar-refractivity contribution in [1.29, 1.82) is 0 Å². The van der Waals surface area contributed by atoms with Crippen LogP contribution in [-0.2, 0) is 0 Å². The van der Waals surface area contributed by atoms with Gasteiger partial charge in [-0.1, -0.05) is 45.4 Å². The molecule has 0 aromatic carbocycles. The summed E-state index contributed by atoms with van der Waals surface area (Å²) in [5.74, 6) is -3.18. The predicted octanol–water partition coefficient (Wildman–Crippen LogP) is 5.29. The molecule has 0 aliphatic carbocycles. The number of hydrogen-bond acceptors (Lipinski definition) is 0. The summed E-state index contributed by atoms with van der Waals surface area (Å²) in [6.45, 7) is 3.60. The second-order valence-corrected chi connectivity index (χ2v) is 4.05. The van der Waals surface area contributed by atoms with Crippen LogP contribution in [-0.4, -0.2) is 12.4 Å². The molecule has 103 valence electrons. The van der Waals surface area contributed by atoms with Gasteiger partial charge >= 0.3 is 12.4 Å². The first-order valence-corrected chi connectivity index (χ1v) is 5.62. The molecule has 0 aromatic heterocycles. The van der Waals surface area contributed by atoms with Crippen molar-refractivity contribution in [2.45, 2.75) is 57.3 Å². The molecule has 0 spiro atoms. The molecule has 17 heavy (non-hydrogen) atoms. The van der Waals surface area contributed by atoms with E-state index >= 15 is 0 Å². The zero-order valence-corrected chi connectivity index (χ0v) is 9.50. The largest absolute Gasteiger partial charge is 0.400 e. The maximum Gasteiger partial charge on any atom is 0.400 e. The van der Waals surface area contributed by atoms with Crippen molar-refractivity contribution in [1.82, 2.24) is 0 Å². The predicted molar refractivity (Wildman–Crippen MR) is 53.3 cm³/mol. The molecule has 0 saturated heterocycles. The second kappa shape index (κ2) is 7.11. The van der Waals surface area contributed by atoms with Crippen molar-refractivity contribution in [3.05, 3.63) is 6.92 Å². The van der Waals surface area contributed by atoms with Gasteiger partial charge in [0.05, 0.1) is 0 Å². The number of hydrogen-bond donors (Lipinski definition) is 0. The number of rotatable bonds is 7. The van der Waals surface area contributed by atoms with Crippen LogP contribution in [0.25, 0.3) is 0 Å². The highest BCUT2D eigenvalue weighted by molar-refractivity contribution is 4.75. The maximum absolute atomic E-state index is 12.1. The third-order valence-electron chi connectivity index (χ3n) is 2.53. The van der Waals surface area contributed by atoms with E-state index in [0.29, 0.717) is 12.8 Å². The van der Waals surface area contributed by atoms with Gasteiger partial charge in [-0.2, -0.15) is 26.3 Å². The van der Waals surface area contributed by atoms with Crippen LogP contribution in [0.4, 0.5) is 26.3 Å². The molecule has 0 saturated carbocycles. The van der Waals surface area contributed by atoms with Gasteiger partial charge in [-0.05, 0) is 6.42 Å². The van der Waals surface area contributed by atoms with E-state index in [-0.39, 0.29) is 6.42 Å². The molecule has 0 heterocycles. The van der Waals surface area contributed by atoms with Crippen molar-refractivity contribution in [3.8, 4) is 0 Å². The topological polar surface area (TPSA) is 0 Å². The van der Waals surface area contributed by atoms with E-state index in [1.165, 1.54) is 0 Å². The van der Waals surface area contributed by atoms with Crippen molar-refractivity contribution in [2.75, 3.05) is 0 Å². The summed E-state index contributed by atoms with van der Waals surface area (Å²) < 4.78 is 72.7. The highest BCUT2D eigenvalue weighted by atomic mass is 19.4. The molecule has 0 nitrogen and oxygen atoms in total. The monoisotopic (exact) mass is 263 g/mol. The van der Waals surface area contributed by atoms with E-state index in [9.17, 15) is 26.3 Å². The molecular weight excluding hydrogens is 246 g/mol. The van der Waals surface area contributed by atoms with Crippen LogP contribution < -0.4 is 0 Å². The van der Waals surface area contributed by atoms with E-state index in [1.54, 1.807) is 0 Å². The second-order valence-electron chi connectivity index (χ2n) is 4.05. The van der Waals surface area contributed by atoms with Gasteiger partial charge in [0.15, 0.2) is 5.92 Å². The molecule has 0 aliphatic rings. The van der Waals surface area contributed by atoms with Gasteiger partial charge in [0, 0.05) is 0 Å². The van der Waals surface area contributed by atoms with Crippen LogP contribution >= 0.6 is 0 Å². The Bertz CT molecular complexity index is 179. The molecule has 0 atom stereocenters. The lowest BCUT2D eigenvalue weighted by atomic mass is 9.99. The van der Waals surface area contributed by atoms with Crippen LogP contribution in [0.3, 0.4) is 0 Å². The molecule has 1 radical (unpaired) electrons. The Morgan fingerprint density at radius 2 is 1.12 bits per heavy atom. The molecule has 0 aliphatic heterocycles. The Morgan fingerprint density at radius 3 is 1.53 bits per heavy atom. The highest BCUT2D eigenvalue weighted by Gasteiger charge is 2.55. The molecule has 0 rings (SSSR count). The number of halogens is 6. The SMILES string of the molecule is [CH2]CCCCCCCC(C(F)(F)F)C(F)(F)F. The summed E-state index contributed by atoms with van der Waals surface area (Å²) in [6.07, 6.45) is -7.79. The Labute approximate surface area is 97.4 Å². The number of unbranched alkanes of at least 4 members (excludes halogenated alkanes) is 5. The van der Waals surface area contributed by atoms with Gasteiger partial charge in [0.2, 0.25) is 0 Å². The molecule has 0 N–H and O–H groups in total. The Balaban J connectivity index is 3.95. The molecule has 0 bridgehead atoms. The average molecular weight is 263 g/mol. The number of alkyl halides is 6. The van der Waals surface area contributed by atoms with Crippen LogP contribution in [0.5, 0.6) is 0 Å². The zero-order chi connectivity index (χ0) is 13.5. The first-order valence-electron chi connectivity index (χ1n) is 5.62. The van der Waals surface area contributed by atoms with Crippen LogP contribution in [0, 0.1) is 12.8 Å². The van der Waals surface area contributed by atoms with Gasteiger partial charge in [0.1, 0.15) is 0 Å². The standard InChI is InChI=1S/C11H17F6/c1-2-3-4-5-6-7-8-9(10(12,13)14)11(15,16)17/h9H,1-8H2. The van der Waals surface area contributed by atoms with Crippen molar-refractivity contribution < 1.29 is 26.3 Å². The fraction of sp³-hybridized carbons (Fsp3) is 0.909. The third-order valence-corrected chi connectivity index (χ3v) is 2.53. The van der Waals surface area contributed by atoms with Gasteiger partial charge < -0.3 is 0 Å². The maximum atomic E-state index is 12.1. The smallest absolute Gasteiger partial charge is 0.170 e.